The first-order valence-corrected chi connectivity index (χ1v) is 8.48. The van der Waals surface area contributed by atoms with Crippen molar-refractivity contribution in [3.63, 3.8) is 0 Å². The summed E-state index contributed by atoms with van der Waals surface area (Å²) in [4.78, 5) is 24.4. The zero-order chi connectivity index (χ0) is 19.1. The van der Waals surface area contributed by atoms with E-state index in [2.05, 4.69) is 15.8 Å². The van der Waals surface area contributed by atoms with Crippen molar-refractivity contribution in [2.24, 2.45) is 5.10 Å². The number of carbonyl (C=O) groups excluding carboxylic acids is 2. The van der Waals surface area contributed by atoms with Gasteiger partial charge < -0.3 is 5.32 Å². The van der Waals surface area contributed by atoms with E-state index < -0.39 is 0 Å². The summed E-state index contributed by atoms with van der Waals surface area (Å²) in [6, 6.07) is 23.5. The Labute approximate surface area is 157 Å². The number of hydrogen-bond donors (Lipinski definition) is 2. The maximum atomic E-state index is 12.3. The van der Waals surface area contributed by atoms with Crippen LogP contribution < -0.4 is 10.7 Å². The number of nitrogens with zero attached hydrogens (tertiary/aromatic N) is 1. The Morgan fingerprint density at radius 2 is 1.56 bits per heavy atom. The number of aryl methyl sites for hydroxylation is 1. The highest BCUT2D eigenvalue weighted by Crippen LogP contribution is 2.12. The van der Waals surface area contributed by atoms with Crippen LogP contribution >= 0.6 is 0 Å². The number of rotatable bonds is 5. The molecule has 0 unspecified atom stereocenters. The predicted molar refractivity (Wildman–Crippen MR) is 107 cm³/mol. The molecule has 0 aliphatic heterocycles. The van der Waals surface area contributed by atoms with Crippen LogP contribution in [0.4, 0.5) is 5.69 Å². The van der Waals surface area contributed by atoms with E-state index in [1.54, 1.807) is 36.5 Å². The van der Waals surface area contributed by atoms with E-state index in [1.165, 1.54) is 0 Å². The molecule has 0 atom stereocenters. The Morgan fingerprint density at radius 1 is 0.815 bits per heavy atom. The number of anilines is 1. The van der Waals surface area contributed by atoms with E-state index >= 15 is 0 Å². The average molecular weight is 357 g/mol. The van der Waals surface area contributed by atoms with Crippen molar-refractivity contribution in [1.82, 2.24) is 5.43 Å². The van der Waals surface area contributed by atoms with Crippen LogP contribution in [0.2, 0.25) is 0 Å². The third-order valence-electron chi connectivity index (χ3n) is 3.86. The lowest BCUT2D eigenvalue weighted by Gasteiger charge is -2.07. The average Bonchev–Trinajstić information content (AvgIpc) is 2.69. The molecule has 3 rings (SSSR count). The Kier molecular flexibility index (Phi) is 5.74. The first-order valence-electron chi connectivity index (χ1n) is 8.48. The van der Waals surface area contributed by atoms with Crippen LogP contribution in [0.1, 0.15) is 31.8 Å². The zero-order valence-electron chi connectivity index (χ0n) is 14.8. The quantitative estimate of drug-likeness (QED) is 0.535. The van der Waals surface area contributed by atoms with Gasteiger partial charge in [-0.3, -0.25) is 9.59 Å². The molecule has 27 heavy (non-hydrogen) atoms. The van der Waals surface area contributed by atoms with Crippen LogP contribution in [0.3, 0.4) is 0 Å². The van der Waals surface area contributed by atoms with Crippen LogP contribution in [0.5, 0.6) is 0 Å². The van der Waals surface area contributed by atoms with E-state index in [0.29, 0.717) is 16.8 Å². The van der Waals surface area contributed by atoms with Gasteiger partial charge in [0.1, 0.15) is 0 Å². The summed E-state index contributed by atoms with van der Waals surface area (Å²) in [5.74, 6) is -0.512. The van der Waals surface area contributed by atoms with Crippen LogP contribution in [0.25, 0.3) is 0 Å². The van der Waals surface area contributed by atoms with Gasteiger partial charge in [-0.15, -0.1) is 0 Å². The summed E-state index contributed by atoms with van der Waals surface area (Å²) in [6.07, 6.45) is 1.58. The summed E-state index contributed by atoms with van der Waals surface area (Å²) in [5.41, 5.74) is 6.06. The fourth-order valence-electron chi connectivity index (χ4n) is 2.46. The molecule has 5 nitrogen and oxygen atoms in total. The Morgan fingerprint density at radius 3 is 2.26 bits per heavy atom. The van der Waals surface area contributed by atoms with Crippen LogP contribution in [-0.4, -0.2) is 18.0 Å². The molecular weight excluding hydrogens is 338 g/mol. The van der Waals surface area contributed by atoms with Gasteiger partial charge in [-0.2, -0.15) is 5.10 Å². The Bertz CT molecular complexity index is 964. The number of benzene rings is 3. The van der Waals surface area contributed by atoms with Crippen molar-refractivity contribution < 1.29 is 9.59 Å². The van der Waals surface area contributed by atoms with Gasteiger partial charge in [0.15, 0.2) is 0 Å². The molecule has 0 aliphatic carbocycles. The van der Waals surface area contributed by atoms with Crippen molar-refractivity contribution in [1.29, 1.82) is 0 Å². The smallest absolute Gasteiger partial charge is 0.271 e. The molecule has 3 aromatic carbocycles. The second-order valence-electron chi connectivity index (χ2n) is 6.01. The molecule has 0 saturated carbocycles. The molecule has 134 valence electrons. The summed E-state index contributed by atoms with van der Waals surface area (Å²) in [6.45, 7) is 1.93. The summed E-state index contributed by atoms with van der Waals surface area (Å²) >= 11 is 0. The molecule has 0 bridgehead atoms. The van der Waals surface area contributed by atoms with E-state index in [4.69, 9.17) is 0 Å². The SMILES string of the molecule is Cc1cccc(C(=O)Nc2ccc(C(=O)NN=Cc3ccccc3)cc2)c1. The molecule has 2 N–H and O–H groups in total. The van der Waals surface area contributed by atoms with E-state index in [1.807, 2.05) is 55.5 Å². The van der Waals surface area contributed by atoms with E-state index in [-0.39, 0.29) is 11.8 Å². The Hall–Kier alpha value is -3.73. The van der Waals surface area contributed by atoms with E-state index in [0.717, 1.165) is 11.1 Å². The van der Waals surface area contributed by atoms with Crippen molar-refractivity contribution >= 4 is 23.7 Å². The third kappa shape index (κ3) is 5.12. The largest absolute Gasteiger partial charge is 0.322 e. The molecule has 0 radical (unpaired) electrons. The fourth-order valence-corrected chi connectivity index (χ4v) is 2.46. The van der Waals surface area contributed by atoms with Crippen LogP contribution in [0.15, 0.2) is 84.0 Å². The predicted octanol–water partition coefficient (Wildman–Crippen LogP) is 4.01. The van der Waals surface area contributed by atoms with Gasteiger partial charge in [-0.1, -0.05) is 48.0 Å². The third-order valence-corrected chi connectivity index (χ3v) is 3.86. The van der Waals surface area contributed by atoms with Crippen molar-refractivity contribution in [2.45, 2.75) is 6.92 Å². The lowest BCUT2D eigenvalue weighted by molar-refractivity contribution is 0.0954. The first kappa shape index (κ1) is 18.1. The molecule has 3 aromatic rings. The highest BCUT2D eigenvalue weighted by molar-refractivity contribution is 6.04. The van der Waals surface area contributed by atoms with Crippen LogP contribution in [-0.2, 0) is 0 Å². The molecule has 5 heteroatoms. The lowest BCUT2D eigenvalue weighted by atomic mass is 10.1. The highest BCUT2D eigenvalue weighted by Gasteiger charge is 2.08. The summed E-state index contributed by atoms with van der Waals surface area (Å²) in [7, 11) is 0. The van der Waals surface area contributed by atoms with Crippen molar-refractivity contribution in [3.8, 4) is 0 Å². The Balaban J connectivity index is 1.58. The molecule has 2 amide bonds. The van der Waals surface area contributed by atoms with Gasteiger partial charge in [0.05, 0.1) is 6.21 Å². The second-order valence-corrected chi connectivity index (χ2v) is 6.01. The number of nitrogens with one attached hydrogen (secondary N) is 2. The van der Waals surface area contributed by atoms with Crippen molar-refractivity contribution in [3.05, 3.63) is 101 Å². The minimum Gasteiger partial charge on any atom is -0.322 e. The standard InChI is InChI=1S/C22H19N3O2/c1-16-6-5-9-19(14-16)21(26)24-20-12-10-18(11-13-20)22(27)25-23-15-17-7-3-2-4-8-17/h2-15H,1H3,(H,24,26)(H,25,27). The number of carbonyl (C=O) groups is 2. The van der Waals surface area contributed by atoms with Crippen molar-refractivity contribution in [2.75, 3.05) is 5.32 Å². The highest BCUT2D eigenvalue weighted by atomic mass is 16.2. The minimum absolute atomic E-state index is 0.191. The van der Waals surface area contributed by atoms with Gasteiger partial charge in [-0.05, 0) is 48.9 Å². The zero-order valence-corrected chi connectivity index (χ0v) is 14.8. The number of hydrogen-bond acceptors (Lipinski definition) is 3. The maximum Gasteiger partial charge on any atom is 0.271 e. The van der Waals surface area contributed by atoms with Gasteiger partial charge in [0.2, 0.25) is 0 Å². The van der Waals surface area contributed by atoms with Gasteiger partial charge in [0, 0.05) is 16.8 Å². The normalized spacial score (nSPS) is 10.6. The molecular formula is C22H19N3O2. The summed E-state index contributed by atoms with van der Waals surface area (Å²) < 4.78 is 0. The number of hydrazone groups is 1. The van der Waals surface area contributed by atoms with Gasteiger partial charge >= 0.3 is 0 Å². The molecule has 0 saturated heterocycles. The summed E-state index contributed by atoms with van der Waals surface area (Å²) in [5, 5.41) is 6.76. The fraction of sp³-hybridized carbons (Fsp3) is 0.0455. The monoisotopic (exact) mass is 357 g/mol. The molecule has 0 aliphatic rings. The van der Waals surface area contributed by atoms with Gasteiger partial charge in [0.25, 0.3) is 11.8 Å². The topological polar surface area (TPSA) is 70.6 Å². The first-order chi connectivity index (χ1) is 13.1. The number of amides is 2. The van der Waals surface area contributed by atoms with Gasteiger partial charge in [-0.25, -0.2) is 5.43 Å². The molecule has 0 spiro atoms. The lowest BCUT2D eigenvalue weighted by Crippen LogP contribution is -2.17. The molecule has 0 aromatic heterocycles. The molecule has 0 heterocycles. The second kappa shape index (κ2) is 8.58. The molecule has 0 fully saturated rings. The van der Waals surface area contributed by atoms with Crippen LogP contribution in [0, 0.1) is 6.92 Å². The maximum absolute atomic E-state index is 12.3. The minimum atomic E-state index is -0.321. The van der Waals surface area contributed by atoms with E-state index in [9.17, 15) is 9.59 Å².